The quantitative estimate of drug-likeness (QED) is 0.891. The van der Waals surface area contributed by atoms with Crippen molar-refractivity contribution in [3.8, 4) is 10.6 Å². The van der Waals surface area contributed by atoms with Crippen LogP contribution in [0, 0.1) is 5.82 Å². The third kappa shape index (κ3) is 4.25. The number of carbonyl (C=O) groups excluding carboxylic acids is 1. The normalized spacial score (nSPS) is 19.1. The van der Waals surface area contributed by atoms with Crippen molar-refractivity contribution in [2.45, 2.75) is 44.2 Å². The van der Waals surface area contributed by atoms with Crippen molar-refractivity contribution in [1.82, 2.24) is 15.2 Å². The maximum Gasteiger partial charge on any atom is 0.226 e. The van der Waals surface area contributed by atoms with Crippen LogP contribution in [0.1, 0.15) is 31.4 Å². The molecule has 1 amide bonds. The molecule has 4 rings (SSSR count). The Morgan fingerprint density at radius 3 is 2.80 bits per heavy atom. The largest absolute Gasteiger partial charge is 0.353 e. The number of likely N-dealkylation sites (tertiary alicyclic amines) is 1. The van der Waals surface area contributed by atoms with Gasteiger partial charge in [0.1, 0.15) is 10.8 Å². The zero-order valence-electron chi connectivity index (χ0n) is 14.1. The molecule has 1 aromatic carbocycles. The minimum atomic E-state index is -0.274. The van der Waals surface area contributed by atoms with Gasteiger partial charge in [-0.05, 0) is 37.8 Å². The van der Waals surface area contributed by atoms with Crippen LogP contribution in [0.25, 0.3) is 10.6 Å². The number of nitrogens with zero attached hydrogens (tertiary/aromatic N) is 2. The first-order valence-electron chi connectivity index (χ1n) is 8.91. The molecule has 4 nitrogen and oxygen atoms in total. The highest BCUT2D eigenvalue weighted by Crippen LogP contribution is 2.29. The summed E-state index contributed by atoms with van der Waals surface area (Å²) in [7, 11) is 0. The minimum Gasteiger partial charge on any atom is -0.353 e. The second-order valence-corrected chi connectivity index (χ2v) is 7.80. The average Bonchev–Trinajstić information content (AvgIpc) is 3.35. The number of rotatable bonds is 5. The van der Waals surface area contributed by atoms with E-state index < -0.39 is 0 Å². The molecule has 2 aromatic rings. The predicted octanol–water partition coefficient (Wildman–Crippen LogP) is 3.23. The Kier molecular flexibility index (Phi) is 4.81. The van der Waals surface area contributed by atoms with Gasteiger partial charge in [0.25, 0.3) is 0 Å². The van der Waals surface area contributed by atoms with Gasteiger partial charge in [0.15, 0.2) is 0 Å². The van der Waals surface area contributed by atoms with Crippen molar-refractivity contribution in [3.63, 3.8) is 0 Å². The van der Waals surface area contributed by atoms with Crippen molar-refractivity contribution in [2.24, 2.45) is 0 Å². The van der Waals surface area contributed by atoms with Crippen LogP contribution in [0.4, 0.5) is 4.39 Å². The van der Waals surface area contributed by atoms with Gasteiger partial charge in [-0.25, -0.2) is 9.37 Å². The number of aromatic nitrogens is 1. The zero-order valence-corrected chi connectivity index (χ0v) is 14.9. The lowest BCUT2D eigenvalue weighted by molar-refractivity contribution is -0.121. The third-order valence-corrected chi connectivity index (χ3v) is 5.86. The molecule has 1 N–H and O–H groups in total. The highest BCUT2D eigenvalue weighted by Gasteiger charge is 2.32. The van der Waals surface area contributed by atoms with E-state index in [1.54, 1.807) is 6.07 Å². The van der Waals surface area contributed by atoms with Gasteiger partial charge >= 0.3 is 0 Å². The summed E-state index contributed by atoms with van der Waals surface area (Å²) in [5.74, 6) is -0.245. The smallest absolute Gasteiger partial charge is 0.226 e. The number of carbonyl (C=O) groups is 1. The van der Waals surface area contributed by atoms with Crippen LogP contribution in [0.3, 0.4) is 0 Å². The number of benzene rings is 1. The van der Waals surface area contributed by atoms with Crippen LogP contribution in [0.2, 0.25) is 0 Å². The Labute approximate surface area is 151 Å². The highest BCUT2D eigenvalue weighted by atomic mass is 32.1. The van der Waals surface area contributed by atoms with E-state index >= 15 is 0 Å². The fourth-order valence-corrected chi connectivity index (χ4v) is 4.25. The maximum atomic E-state index is 13.3. The molecule has 1 aliphatic carbocycles. The number of hydrogen-bond donors (Lipinski definition) is 1. The lowest BCUT2D eigenvalue weighted by Gasteiger charge is -2.32. The highest BCUT2D eigenvalue weighted by molar-refractivity contribution is 7.13. The number of amides is 1. The number of thiazole rings is 1. The lowest BCUT2D eigenvalue weighted by Crippen LogP contribution is -2.45. The SMILES string of the molecule is O=C(Cc1csc(-c2cccc(F)c2)n1)NC1CCN(C2CC2)CC1. The molecule has 1 saturated carbocycles. The molecule has 132 valence electrons. The Morgan fingerprint density at radius 1 is 1.28 bits per heavy atom. The molecule has 25 heavy (non-hydrogen) atoms. The minimum absolute atomic E-state index is 0.0287. The van der Waals surface area contributed by atoms with E-state index in [1.165, 1.54) is 36.3 Å². The van der Waals surface area contributed by atoms with Crippen molar-refractivity contribution < 1.29 is 9.18 Å². The Bertz CT molecular complexity index is 751. The molecule has 1 aliphatic heterocycles. The van der Waals surface area contributed by atoms with Crippen molar-refractivity contribution in [2.75, 3.05) is 13.1 Å². The summed E-state index contributed by atoms with van der Waals surface area (Å²) < 4.78 is 13.3. The van der Waals surface area contributed by atoms with Gasteiger partial charge in [0.05, 0.1) is 12.1 Å². The van der Waals surface area contributed by atoms with Crippen LogP contribution in [0.15, 0.2) is 29.6 Å². The second-order valence-electron chi connectivity index (χ2n) is 6.94. The van der Waals surface area contributed by atoms with Crippen molar-refractivity contribution in [3.05, 3.63) is 41.2 Å². The predicted molar refractivity (Wildman–Crippen MR) is 97.0 cm³/mol. The fourth-order valence-electron chi connectivity index (χ4n) is 3.43. The molecule has 0 spiro atoms. The molecular weight excluding hydrogens is 337 g/mol. The molecule has 0 bridgehead atoms. The van der Waals surface area contributed by atoms with Crippen LogP contribution < -0.4 is 5.32 Å². The molecule has 1 saturated heterocycles. The second kappa shape index (κ2) is 7.22. The summed E-state index contributed by atoms with van der Waals surface area (Å²) in [5.41, 5.74) is 1.50. The van der Waals surface area contributed by atoms with Crippen molar-refractivity contribution in [1.29, 1.82) is 0 Å². The first-order chi connectivity index (χ1) is 12.2. The standard InChI is InChI=1S/C19H22FN3OS/c20-14-3-1-2-13(10-14)19-22-16(12-25-19)11-18(24)21-15-6-8-23(9-7-15)17-4-5-17/h1-3,10,12,15,17H,4-9,11H2,(H,21,24). The summed E-state index contributed by atoms with van der Waals surface area (Å²) in [4.78, 5) is 19.3. The first-order valence-corrected chi connectivity index (χ1v) is 9.79. The Morgan fingerprint density at radius 2 is 2.08 bits per heavy atom. The van der Waals surface area contributed by atoms with E-state index in [-0.39, 0.29) is 24.2 Å². The lowest BCUT2D eigenvalue weighted by atomic mass is 10.0. The molecule has 1 aromatic heterocycles. The monoisotopic (exact) mass is 359 g/mol. The van der Waals surface area contributed by atoms with E-state index in [1.807, 2.05) is 11.4 Å². The van der Waals surface area contributed by atoms with E-state index in [0.29, 0.717) is 0 Å². The third-order valence-electron chi connectivity index (χ3n) is 4.92. The van der Waals surface area contributed by atoms with Gasteiger partial charge in [-0.2, -0.15) is 0 Å². The van der Waals surface area contributed by atoms with E-state index in [2.05, 4.69) is 15.2 Å². The molecular formula is C19H22FN3OS. The van der Waals surface area contributed by atoms with Gasteiger partial charge in [0, 0.05) is 36.1 Å². The molecule has 2 fully saturated rings. The molecule has 6 heteroatoms. The van der Waals surface area contributed by atoms with Crippen LogP contribution in [-0.2, 0) is 11.2 Å². The number of nitrogens with one attached hydrogen (secondary N) is 1. The van der Waals surface area contributed by atoms with Gasteiger partial charge < -0.3 is 10.2 Å². The van der Waals surface area contributed by atoms with Crippen LogP contribution >= 0.6 is 11.3 Å². The Hall–Kier alpha value is -1.79. The van der Waals surface area contributed by atoms with E-state index in [9.17, 15) is 9.18 Å². The molecule has 0 unspecified atom stereocenters. The first kappa shape index (κ1) is 16.7. The number of halogens is 1. The number of hydrogen-bond acceptors (Lipinski definition) is 4. The van der Waals surface area contributed by atoms with Crippen LogP contribution in [-0.4, -0.2) is 41.0 Å². The molecule has 0 radical (unpaired) electrons. The summed E-state index contributed by atoms with van der Waals surface area (Å²) >= 11 is 1.45. The van der Waals surface area contributed by atoms with Crippen LogP contribution in [0.5, 0.6) is 0 Å². The fraction of sp³-hybridized carbons (Fsp3) is 0.474. The zero-order chi connectivity index (χ0) is 17.2. The molecule has 2 heterocycles. The van der Waals surface area contributed by atoms with Crippen molar-refractivity contribution >= 4 is 17.2 Å². The van der Waals surface area contributed by atoms with Gasteiger partial charge in [0.2, 0.25) is 5.91 Å². The topological polar surface area (TPSA) is 45.2 Å². The van der Waals surface area contributed by atoms with E-state index in [0.717, 1.165) is 48.2 Å². The summed E-state index contributed by atoms with van der Waals surface area (Å²) in [6.45, 7) is 2.19. The number of piperidine rings is 1. The maximum absolute atomic E-state index is 13.3. The average molecular weight is 359 g/mol. The van der Waals surface area contributed by atoms with Gasteiger partial charge in [-0.1, -0.05) is 12.1 Å². The summed E-state index contributed by atoms with van der Waals surface area (Å²) in [6, 6.07) is 7.49. The molecule has 0 atom stereocenters. The Balaban J connectivity index is 1.29. The van der Waals surface area contributed by atoms with Gasteiger partial charge in [-0.15, -0.1) is 11.3 Å². The van der Waals surface area contributed by atoms with Gasteiger partial charge in [-0.3, -0.25) is 4.79 Å². The summed E-state index contributed by atoms with van der Waals surface area (Å²) in [5, 5.41) is 5.78. The summed E-state index contributed by atoms with van der Waals surface area (Å²) in [6.07, 6.45) is 5.04. The molecule has 2 aliphatic rings. The van der Waals surface area contributed by atoms with E-state index in [4.69, 9.17) is 0 Å².